The van der Waals surface area contributed by atoms with Crippen LogP contribution in [0.15, 0.2) is 12.3 Å². The normalized spacial score (nSPS) is 9.55. The van der Waals surface area contributed by atoms with Crippen molar-refractivity contribution in [2.45, 2.75) is 6.92 Å². The van der Waals surface area contributed by atoms with Crippen LogP contribution >= 0.6 is 0 Å². The molecule has 1 aromatic rings. The summed E-state index contributed by atoms with van der Waals surface area (Å²) in [6, 6.07) is 1.61. The van der Waals surface area contributed by atoms with Crippen molar-refractivity contribution >= 4 is 11.5 Å². The molecule has 0 unspecified atom stereocenters. The molecule has 0 saturated heterocycles. The van der Waals surface area contributed by atoms with Gasteiger partial charge in [-0.15, -0.1) is 0 Å². The third-order valence-electron chi connectivity index (χ3n) is 1.38. The highest BCUT2D eigenvalue weighted by Gasteiger charge is 2.19. The highest BCUT2D eigenvalue weighted by Crippen LogP contribution is 2.19. The smallest absolute Gasteiger partial charge is 0.281 e. The zero-order valence-corrected chi connectivity index (χ0v) is 6.00. The van der Waals surface area contributed by atoms with Crippen LogP contribution < -0.4 is 10.7 Å². The summed E-state index contributed by atoms with van der Waals surface area (Å²) in [5, 5.41) is 10.3. The van der Waals surface area contributed by atoms with E-state index in [0.717, 1.165) is 0 Å². The monoisotopic (exact) mass is 154 g/mol. The van der Waals surface area contributed by atoms with Gasteiger partial charge in [0.05, 0.1) is 11.1 Å². The molecule has 5 heteroatoms. The first-order chi connectivity index (χ1) is 5.13. The van der Waals surface area contributed by atoms with Gasteiger partial charge in [0.15, 0.2) is 0 Å². The molecule has 0 aliphatic carbocycles. The van der Waals surface area contributed by atoms with E-state index < -0.39 is 4.92 Å². The lowest BCUT2D eigenvalue weighted by Gasteiger charge is -1.93. The Morgan fingerprint density at radius 3 is 2.73 bits per heavy atom. The van der Waals surface area contributed by atoms with E-state index in [-0.39, 0.29) is 11.5 Å². The number of nitrogens with one attached hydrogen (secondary N) is 1. The maximum atomic E-state index is 10.3. The molecule has 0 aromatic carbocycles. The molecule has 1 heterocycles. The molecule has 0 amide bonds. The van der Waals surface area contributed by atoms with E-state index in [2.05, 4.69) is 4.98 Å². The van der Waals surface area contributed by atoms with Crippen molar-refractivity contribution < 1.29 is 9.91 Å². The van der Waals surface area contributed by atoms with Crippen LogP contribution in [0.5, 0.6) is 0 Å². The molecule has 0 saturated carbocycles. The maximum absolute atomic E-state index is 10.3. The number of H-pyrrole nitrogens is 1. The van der Waals surface area contributed by atoms with Gasteiger partial charge in [0.25, 0.3) is 0 Å². The minimum atomic E-state index is -0.499. The molecule has 58 valence electrons. The highest BCUT2D eigenvalue weighted by atomic mass is 16.6. The zero-order valence-electron chi connectivity index (χ0n) is 6.00. The van der Waals surface area contributed by atoms with E-state index in [4.69, 9.17) is 5.73 Å². The number of hydrogen-bond acceptors (Lipinski definition) is 3. The fourth-order valence-electron chi connectivity index (χ4n) is 0.858. The molecular weight excluding hydrogens is 146 g/mol. The van der Waals surface area contributed by atoms with E-state index in [0.29, 0.717) is 5.56 Å². The summed E-state index contributed by atoms with van der Waals surface area (Å²) in [6.07, 6.45) is 1.57. The Morgan fingerprint density at radius 1 is 1.73 bits per heavy atom. The topological polar surface area (TPSA) is 83.3 Å². The minimum absolute atomic E-state index is 0.0486. The van der Waals surface area contributed by atoms with Crippen molar-refractivity contribution in [3.63, 3.8) is 0 Å². The number of hydrogen-bond donors (Lipinski definition) is 1. The van der Waals surface area contributed by atoms with Crippen molar-refractivity contribution in [1.29, 1.82) is 0 Å². The molecule has 3 N–H and O–H groups in total. The Hall–Kier alpha value is -1.65. The first-order valence-electron chi connectivity index (χ1n) is 3.04. The molecule has 5 nitrogen and oxygen atoms in total. The number of aromatic amines is 1. The second-order valence-electron chi connectivity index (χ2n) is 2.18. The summed E-state index contributed by atoms with van der Waals surface area (Å²) in [6.45, 7) is 1.64. The molecule has 0 spiro atoms. The van der Waals surface area contributed by atoms with E-state index in [1.54, 1.807) is 19.2 Å². The standard InChI is InChI=1S/C6H7N3O2/c1-4-2-3-8-6(7)5(4)9(10)11/h2-3H,1H3,(H2,7,8)/p+1. The predicted octanol–water partition coefficient (Wildman–Crippen LogP) is 0.300. The van der Waals surface area contributed by atoms with Crippen LogP contribution in [-0.4, -0.2) is 4.92 Å². The third kappa shape index (κ3) is 1.26. The number of aromatic nitrogens is 1. The predicted molar refractivity (Wildman–Crippen MR) is 38.8 cm³/mol. The van der Waals surface area contributed by atoms with Gasteiger partial charge in [0.1, 0.15) is 0 Å². The molecule has 0 fully saturated rings. The van der Waals surface area contributed by atoms with Crippen molar-refractivity contribution in [3.8, 4) is 0 Å². The number of aryl methyl sites for hydroxylation is 1. The first kappa shape index (κ1) is 7.46. The van der Waals surface area contributed by atoms with Gasteiger partial charge >= 0.3 is 11.5 Å². The average Bonchev–Trinajstić information content (AvgIpc) is 1.85. The van der Waals surface area contributed by atoms with Crippen LogP contribution in [0.25, 0.3) is 0 Å². The van der Waals surface area contributed by atoms with Crippen molar-refractivity contribution in [3.05, 3.63) is 27.9 Å². The van der Waals surface area contributed by atoms with Gasteiger partial charge in [-0.1, -0.05) is 0 Å². The van der Waals surface area contributed by atoms with E-state index in [1.165, 1.54) is 0 Å². The van der Waals surface area contributed by atoms with Gasteiger partial charge in [0, 0.05) is 5.56 Å². The number of rotatable bonds is 1. The number of nitro groups is 1. The van der Waals surface area contributed by atoms with Crippen LogP contribution in [0.2, 0.25) is 0 Å². The Bertz CT molecular complexity index is 278. The van der Waals surface area contributed by atoms with E-state index >= 15 is 0 Å². The van der Waals surface area contributed by atoms with Gasteiger partial charge in [-0.25, -0.2) is 4.98 Å². The molecule has 0 atom stereocenters. The van der Waals surface area contributed by atoms with E-state index in [9.17, 15) is 10.1 Å². The molecule has 1 aromatic heterocycles. The second-order valence-corrected chi connectivity index (χ2v) is 2.18. The maximum Gasteiger partial charge on any atom is 0.359 e. The lowest BCUT2D eigenvalue weighted by molar-refractivity contribution is -0.409. The van der Waals surface area contributed by atoms with Crippen LogP contribution in [0.1, 0.15) is 5.56 Å². The van der Waals surface area contributed by atoms with E-state index in [1.807, 2.05) is 0 Å². The van der Waals surface area contributed by atoms with Crippen LogP contribution in [-0.2, 0) is 0 Å². The molecule has 11 heavy (non-hydrogen) atoms. The van der Waals surface area contributed by atoms with Gasteiger partial charge in [0.2, 0.25) is 0 Å². The fraction of sp³-hybridized carbons (Fsp3) is 0.167. The zero-order chi connectivity index (χ0) is 8.43. The van der Waals surface area contributed by atoms with Crippen LogP contribution in [0.3, 0.4) is 0 Å². The Labute approximate surface area is 63.0 Å². The lowest BCUT2D eigenvalue weighted by Crippen LogP contribution is -2.12. The number of nitrogens with two attached hydrogens (primary N) is 1. The number of nitrogen functional groups attached to an aromatic ring is 1. The quantitative estimate of drug-likeness (QED) is 0.466. The Kier molecular flexibility index (Phi) is 1.72. The minimum Gasteiger partial charge on any atom is -0.281 e. The molecule has 0 aliphatic heterocycles. The van der Waals surface area contributed by atoms with Crippen LogP contribution in [0.4, 0.5) is 11.5 Å². The third-order valence-corrected chi connectivity index (χ3v) is 1.38. The molecular formula is C6H8N3O2+. The van der Waals surface area contributed by atoms with Gasteiger partial charge < -0.3 is 0 Å². The van der Waals surface area contributed by atoms with Gasteiger partial charge in [-0.05, 0) is 13.0 Å². The van der Waals surface area contributed by atoms with Gasteiger partial charge in [-0.3, -0.25) is 15.8 Å². The molecule has 0 aliphatic rings. The van der Waals surface area contributed by atoms with Crippen molar-refractivity contribution in [2.24, 2.45) is 0 Å². The van der Waals surface area contributed by atoms with Crippen LogP contribution in [0, 0.1) is 17.0 Å². The fourth-order valence-corrected chi connectivity index (χ4v) is 0.858. The molecule has 1 rings (SSSR count). The number of pyridine rings is 1. The summed E-state index contributed by atoms with van der Waals surface area (Å²) in [7, 11) is 0. The largest absolute Gasteiger partial charge is 0.359 e. The summed E-state index contributed by atoms with van der Waals surface area (Å²) in [5.41, 5.74) is 5.84. The average molecular weight is 154 g/mol. The van der Waals surface area contributed by atoms with Crippen molar-refractivity contribution in [1.82, 2.24) is 0 Å². The lowest BCUT2D eigenvalue weighted by atomic mass is 10.2. The second kappa shape index (κ2) is 2.53. The van der Waals surface area contributed by atoms with Gasteiger partial charge in [-0.2, -0.15) is 0 Å². The summed E-state index contributed by atoms with van der Waals surface area (Å²) in [4.78, 5) is 12.4. The summed E-state index contributed by atoms with van der Waals surface area (Å²) < 4.78 is 0. The van der Waals surface area contributed by atoms with Crippen molar-refractivity contribution in [2.75, 3.05) is 5.73 Å². The number of anilines is 1. The summed E-state index contributed by atoms with van der Waals surface area (Å²) >= 11 is 0. The Balaban J connectivity index is 3.32. The summed E-state index contributed by atoms with van der Waals surface area (Å²) in [5.74, 6) is 0.0926. The Morgan fingerprint density at radius 2 is 2.36 bits per heavy atom. The number of nitrogens with zero attached hydrogens (tertiary/aromatic N) is 1. The SMILES string of the molecule is Cc1cc[nH+]c(N)c1[N+](=O)[O-]. The molecule has 0 bridgehead atoms. The molecule has 0 radical (unpaired) electrons. The first-order valence-corrected chi connectivity index (χ1v) is 3.04. The highest BCUT2D eigenvalue weighted by molar-refractivity contribution is 5.52.